The van der Waals surface area contributed by atoms with E-state index in [9.17, 15) is 29.2 Å². The van der Waals surface area contributed by atoms with E-state index in [1.54, 1.807) is 36.4 Å². The molecule has 0 aliphatic rings. The second kappa shape index (κ2) is 11.7. The molecule has 0 spiro atoms. The Morgan fingerprint density at radius 2 is 0.892 bits per heavy atom. The Kier molecular flexibility index (Phi) is 9.36. The van der Waals surface area contributed by atoms with Crippen molar-refractivity contribution in [3.05, 3.63) is 67.5 Å². The van der Waals surface area contributed by atoms with Gasteiger partial charge in [0, 0.05) is 0 Å². The van der Waals surface area contributed by atoms with Crippen LogP contribution in [0.1, 0.15) is 112 Å². The molecule has 2 rings (SSSR count). The molecule has 0 aliphatic carbocycles. The second-order valence-electron chi connectivity index (χ2n) is 10.5. The molecule has 196 valence electrons. The Hall–Kier alpha value is -3.55. The number of allylic oxidation sites excluding steroid dienone is 2. The van der Waals surface area contributed by atoms with Crippen LogP contribution in [0.5, 0.6) is 11.5 Å². The largest absolute Gasteiger partial charge is 0.507 e. The van der Waals surface area contributed by atoms with Crippen molar-refractivity contribution in [1.82, 2.24) is 0 Å². The van der Waals surface area contributed by atoms with E-state index < -0.39 is 19.6 Å². The zero-order chi connectivity index (χ0) is 28.2. The molecule has 0 fully saturated rings. The molecule has 37 heavy (non-hydrogen) atoms. The average molecular weight is 521 g/mol. The van der Waals surface area contributed by atoms with Crippen LogP contribution in [0.25, 0.3) is 12.2 Å². The quantitative estimate of drug-likeness (QED) is 0.349. The SMILES string of the molecule is CC(C)c1cc(C=C(C#N)S(=O)(=O)C(C#N)=Cc2cc(C(C)C)c(O)c(C(C)C)c2)cc(C(C)C)c1O. The molecular formula is C30H36N2O4S. The first-order valence-corrected chi connectivity index (χ1v) is 13.9. The van der Waals surface area contributed by atoms with Crippen LogP contribution in [0.3, 0.4) is 0 Å². The van der Waals surface area contributed by atoms with Crippen molar-refractivity contribution >= 4 is 22.0 Å². The summed E-state index contributed by atoms with van der Waals surface area (Å²) >= 11 is 0. The summed E-state index contributed by atoms with van der Waals surface area (Å²) in [5.74, 6) is 0.222. The highest BCUT2D eigenvalue weighted by atomic mass is 32.2. The van der Waals surface area contributed by atoms with E-state index in [0.29, 0.717) is 33.4 Å². The summed E-state index contributed by atoms with van der Waals surface area (Å²) in [4.78, 5) is -1.13. The van der Waals surface area contributed by atoms with Crippen molar-refractivity contribution in [2.24, 2.45) is 0 Å². The fourth-order valence-electron chi connectivity index (χ4n) is 4.10. The molecular weight excluding hydrogens is 484 g/mol. The van der Waals surface area contributed by atoms with Crippen LogP contribution in [0.15, 0.2) is 34.1 Å². The second-order valence-corrected chi connectivity index (χ2v) is 12.3. The summed E-state index contributed by atoms with van der Waals surface area (Å²) in [6.07, 6.45) is 2.49. The van der Waals surface area contributed by atoms with Crippen LogP contribution in [0, 0.1) is 22.7 Å². The first-order valence-electron chi connectivity index (χ1n) is 12.4. The van der Waals surface area contributed by atoms with Crippen molar-refractivity contribution in [2.45, 2.75) is 79.1 Å². The molecule has 0 heterocycles. The number of nitrogens with zero attached hydrogens (tertiary/aromatic N) is 2. The molecule has 2 N–H and O–H groups in total. The molecule has 0 saturated carbocycles. The van der Waals surface area contributed by atoms with Gasteiger partial charge in [-0.15, -0.1) is 0 Å². The Labute approximate surface area is 221 Å². The predicted octanol–water partition coefficient (Wildman–Crippen LogP) is 7.44. The lowest BCUT2D eigenvalue weighted by atomic mass is 9.91. The third-order valence-electron chi connectivity index (χ3n) is 6.27. The number of benzene rings is 2. The molecule has 0 saturated heterocycles. The molecule has 2 aromatic rings. The maximum absolute atomic E-state index is 13.4. The van der Waals surface area contributed by atoms with Crippen molar-refractivity contribution in [3.8, 4) is 23.6 Å². The number of nitriles is 2. The standard InChI is InChI=1S/C30H36N2O4S/c1-17(2)25-11-21(12-26(18(3)4)29(25)33)9-23(15-31)37(35,36)24(16-32)10-22-13-27(19(5)6)30(34)28(14-22)20(7)8/h9-14,17-20,33-34H,1-8H3. The summed E-state index contributed by atoms with van der Waals surface area (Å²) in [5, 5.41) is 40.9. The van der Waals surface area contributed by atoms with Gasteiger partial charge in [0.25, 0.3) is 0 Å². The molecule has 0 bridgehead atoms. The molecule has 0 unspecified atom stereocenters. The summed E-state index contributed by atoms with van der Waals surface area (Å²) in [6, 6.07) is 10.2. The molecule has 0 aliphatic heterocycles. The van der Waals surface area contributed by atoms with Crippen molar-refractivity contribution in [1.29, 1.82) is 10.5 Å². The maximum atomic E-state index is 13.4. The number of rotatable bonds is 8. The Balaban J connectivity index is 2.74. The van der Waals surface area contributed by atoms with Gasteiger partial charge in [-0.1, -0.05) is 55.4 Å². The Morgan fingerprint density at radius 1 is 0.649 bits per heavy atom. The fraction of sp³-hybridized carbons (Fsp3) is 0.400. The molecule has 0 aromatic heterocycles. The van der Waals surface area contributed by atoms with E-state index in [2.05, 4.69) is 0 Å². The minimum Gasteiger partial charge on any atom is -0.507 e. The number of hydrogen-bond donors (Lipinski definition) is 2. The third kappa shape index (κ3) is 6.42. The van der Waals surface area contributed by atoms with Gasteiger partial charge in [0.05, 0.1) is 0 Å². The highest BCUT2D eigenvalue weighted by molar-refractivity contribution is 7.99. The molecule has 0 amide bonds. The third-order valence-corrected chi connectivity index (χ3v) is 7.84. The molecule has 0 atom stereocenters. The van der Waals surface area contributed by atoms with E-state index in [1.807, 2.05) is 55.4 Å². The van der Waals surface area contributed by atoms with Gasteiger partial charge in [-0.2, -0.15) is 10.5 Å². The lowest BCUT2D eigenvalue weighted by Crippen LogP contribution is -2.06. The van der Waals surface area contributed by atoms with E-state index in [1.165, 1.54) is 12.2 Å². The predicted molar refractivity (Wildman–Crippen MR) is 149 cm³/mol. The van der Waals surface area contributed by atoms with Gasteiger partial charge >= 0.3 is 0 Å². The summed E-state index contributed by atoms with van der Waals surface area (Å²) in [5.41, 5.74) is 3.50. The van der Waals surface area contributed by atoms with Gasteiger partial charge in [-0.3, -0.25) is 0 Å². The van der Waals surface area contributed by atoms with Crippen LogP contribution < -0.4 is 0 Å². The number of sulfone groups is 1. The van der Waals surface area contributed by atoms with Gasteiger partial charge in [0.2, 0.25) is 9.84 Å². The van der Waals surface area contributed by atoms with E-state index in [4.69, 9.17) is 0 Å². The minimum atomic E-state index is -4.44. The number of aromatic hydroxyl groups is 2. The lowest BCUT2D eigenvalue weighted by molar-refractivity contribution is 0.454. The van der Waals surface area contributed by atoms with Gasteiger partial charge in [-0.05, 0) is 93.5 Å². The van der Waals surface area contributed by atoms with Crippen molar-refractivity contribution in [2.75, 3.05) is 0 Å². The van der Waals surface area contributed by atoms with E-state index in [-0.39, 0.29) is 35.2 Å². The average Bonchev–Trinajstić information content (AvgIpc) is 2.81. The summed E-state index contributed by atoms with van der Waals surface area (Å²) in [6.45, 7) is 15.3. The van der Waals surface area contributed by atoms with Crippen LogP contribution in [0.2, 0.25) is 0 Å². The highest BCUT2D eigenvalue weighted by Crippen LogP contribution is 2.37. The highest BCUT2D eigenvalue weighted by Gasteiger charge is 2.25. The Bertz CT molecular complexity index is 1270. The maximum Gasteiger partial charge on any atom is 0.226 e. The number of phenols is 2. The molecule has 7 heteroatoms. The zero-order valence-corrected chi connectivity index (χ0v) is 23.6. The zero-order valence-electron chi connectivity index (χ0n) is 22.8. The fourth-order valence-corrected chi connectivity index (χ4v) is 5.16. The number of phenolic OH excluding ortho intramolecular Hbond substituents is 2. The lowest BCUT2D eigenvalue weighted by Gasteiger charge is -2.17. The molecule has 0 radical (unpaired) electrons. The van der Waals surface area contributed by atoms with E-state index in [0.717, 1.165) is 0 Å². The minimum absolute atomic E-state index is 0.0256. The van der Waals surface area contributed by atoms with Crippen LogP contribution in [0.4, 0.5) is 0 Å². The Morgan fingerprint density at radius 3 is 1.08 bits per heavy atom. The van der Waals surface area contributed by atoms with Crippen LogP contribution >= 0.6 is 0 Å². The van der Waals surface area contributed by atoms with Gasteiger partial charge in [0.1, 0.15) is 23.6 Å². The monoisotopic (exact) mass is 520 g/mol. The smallest absolute Gasteiger partial charge is 0.226 e. The first-order chi connectivity index (χ1) is 17.1. The molecule has 2 aromatic carbocycles. The van der Waals surface area contributed by atoms with Crippen molar-refractivity contribution in [3.63, 3.8) is 0 Å². The van der Waals surface area contributed by atoms with Crippen LogP contribution in [-0.4, -0.2) is 18.6 Å². The van der Waals surface area contributed by atoms with Gasteiger partial charge in [0.15, 0.2) is 9.81 Å². The normalized spacial score (nSPS) is 12.9. The first kappa shape index (κ1) is 29.7. The van der Waals surface area contributed by atoms with Crippen molar-refractivity contribution < 1.29 is 18.6 Å². The van der Waals surface area contributed by atoms with Crippen LogP contribution in [-0.2, 0) is 9.84 Å². The topological polar surface area (TPSA) is 122 Å². The summed E-state index contributed by atoms with van der Waals surface area (Å²) < 4.78 is 26.9. The molecule has 6 nitrogen and oxygen atoms in total. The number of hydrogen-bond acceptors (Lipinski definition) is 6. The van der Waals surface area contributed by atoms with E-state index >= 15 is 0 Å². The van der Waals surface area contributed by atoms with Gasteiger partial charge in [-0.25, -0.2) is 8.42 Å². The van der Waals surface area contributed by atoms with Gasteiger partial charge < -0.3 is 10.2 Å². The summed E-state index contributed by atoms with van der Waals surface area (Å²) in [7, 11) is -4.44.